The predicted molar refractivity (Wildman–Crippen MR) is 122 cm³/mol. The lowest BCUT2D eigenvalue weighted by Crippen LogP contribution is -2.37. The van der Waals surface area contributed by atoms with Crippen molar-refractivity contribution < 1.29 is 19.3 Å². The number of halogens is 1. The van der Waals surface area contributed by atoms with Crippen molar-refractivity contribution in [1.29, 1.82) is 0 Å². The van der Waals surface area contributed by atoms with Crippen LogP contribution < -0.4 is 9.96 Å². The van der Waals surface area contributed by atoms with Gasteiger partial charge in [-0.1, -0.05) is 53.6 Å². The van der Waals surface area contributed by atoms with Crippen LogP contribution in [0.3, 0.4) is 0 Å². The molecule has 3 aromatic rings. The summed E-state index contributed by atoms with van der Waals surface area (Å²) in [6.07, 6.45) is -1.08. The lowest BCUT2D eigenvalue weighted by atomic mass is 9.90. The summed E-state index contributed by atoms with van der Waals surface area (Å²) in [6, 6.07) is 19.2. The van der Waals surface area contributed by atoms with Crippen LogP contribution in [0.15, 0.2) is 72.8 Å². The minimum Gasteiger partial charge on any atom is -0.273 e. The first-order valence-corrected chi connectivity index (χ1v) is 10.6. The minimum atomic E-state index is -1.08. The van der Waals surface area contributed by atoms with E-state index in [0.717, 1.165) is 10.5 Å². The molecule has 5 rings (SSSR count). The number of benzene rings is 3. The van der Waals surface area contributed by atoms with Crippen LogP contribution in [0.4, 0.5) is 17.1 Å². The lowest BCUT2D eigenvalue weighted by Gasteiger charge is -2.29. The van der Waals surface area contributed by atoms with Gasteiger partial charge in [-0.15, -0.1) is 0 Å². The molecule has 3 atom stereocenters. The Bertz CT molecular complexity index is 1280. The van der Waals surface area contributed by atoms with Crippen LogP contribution in [-0.2, 0) is 14.4 Å². The Morgan fingerprint density at radius 1 is 0.939 bits per heavy atom. The van der Waals surface area contributed by atoms with Crippen molar-refractivity contribution in [3.63, 3.8) is 0 Å². The highest BCUT2D eigenvalue weighted by atomic mass is 35.5. The van der Waals surface area contributed by atoms with Crippen molar-refractivity contribution >= 4 is 40.5 Å². The smallest absolute Gasteiger partial charge is 0.271 e. The first kappa shape index (κ1) is 21.1. The molecular formula is C24H18ClN3O5. The molecule has 8 nitrogen and oxygen atoms in total. The normalized spacial score (nSPS) is 22.1. The first-order chi connectivity index (χ1) is 15.9. The summed E-state index contributed by atoms with van der Waals surface area (Å²) >= 11 is 6.48. The average molecular weight is 464 g/mol. The Hall–Kier alpha value is -3.75. The molecule has 166 valence electrons. The van der Waals surface area contributed by atoms with Gasteiger partial charge < -0.3 is 0 Å². The highest BCUT2D eigenvalue weighted by Crippen LogP contribution is 2.49. The molecule has 0 spiro atoms. The third-order valence-corrected chi connectivity index (χ3v) is 6.27. The van der Waals surface area contributed by atoms with Gasteiger partial charge in [0, 0.05) is 17.2 Å². The number of fused-ring (bicyclic) bond motifs is 1. The number of aryl methyl sites for hydroxylation is 1. The topological polar surface area (TPSA) is 93.0 Å². The minimum absolute atomic E-state index is 0.134. The molecule has 2 heterocycles. The molecule has 0 saturated carbocycles. The fourth-order valence-electron chi connectivity index (χ4n) is 4.36. The van der Waals surface area contributed by atoms with Gasteiger partial charge in [0.2, 0.25) is 5.91 Å². The monoisotopic (exact) mass is 463 g/mol. The number of non-ortho nitro benzene ring substituents is 1. The Morgan fingerprint density at radius 2 is 1.67 bits per heavy atom. The summed E-state index contributed by atoms with van der Waals surface area (Å²) in [5, 5.41) is 13.1. The Morgan fingerprint density at radius 3 is 2.36 bits per heavy atom. The van der Waals surface area contributed by atoms with Gasteiger partial charge >= 0.3 is 0 Å². The molecule has 33 heavy (non-hydrogen) atoms. The number of imide groups is 1. The van der Waals surface area contributed by atoms with Crippen molar-refractivity contribution in [3.05, 3.63) is 99.1 Å². The molecule has 2 saturated heterocycles. The number of nitrogens with zero attached hydrogens (tertiary/aromatic N) is 3. The summed E-state index contributed by atoms with van der Waals surface area (Å²) in [7, 11) is 0. The first-order valence-electron chi connectivity index (χ1n) is 10.3. The van der Waals surface area contributed by atoms with Gasteiger partial charge in [0.25, 0.3) is 11.6 Å². The van der Waals surface area contributed by atoms with Gasteiger partial charge in [0.15, 0.2) is 6.10 Å². The molecule has 0 bridgehead atoms. The van der Waals surface area contributed by atoms with Crippen molar-refractivity contribution in [1.82, 2.24) is 0 Å². The maximum Gasteiger partial charge on any atom is 0.271 e. The second kappa shape index (κ2) is 7.99. The average Bonchev–Trinajstić information content (AvgIpc) is 3.31. The van der Waals surface area contributed by atoms with Gasteiger partial charge in [0.1, 0.15) is 5.92 Å². The van der Waals surface area contributed by atoms with Gasteiger partial charge in [-0.05, 0) is 36.8 Å². The van der Waals surface area contributed by atoms with Gasteiger partial charge in [-0.25, -0.2) is 9.96 Å². The Balaban J connectivity index is 1.61. The number of hydrogen-bond acceptors (Lipinski definition) is 6. The summed E-state index contributed by atoms with van der Waals surface area (Å²) < 4.78 is 0. The van der Waals surface area contributed by atoms with Crippen LogP contribution in [0.1, 0.15) is 17.2 Å². The van der Waals surface area contributed by atoms with Gasteiger partial charge in [-0.2, -0.15) is 0 Å². The van der Waals surface area contributed by atoms with E-state index in [4.69, 9.17) is 16.4 Å². The Kier molecular flexibility index (Phi) is 5.11. The molecule has 2 aliphatic heterocycles. The van der Waals surface area contributed by atoms with Crippen LogP contribution in [0.25, 0.3) is 0 Å². The third kappa shape index (κ3) is 3.44. The zero-order chi connectivity index (χ0) is 23.3. The zero-order valence-electron chi connectivity index (χ0n) is 17.4. The number of hydrogen-bond donors (Lipinski definition) is 0. The Labute approximate surface area is 194 Å². The van der Waals surface area contributed by atoms with E-state index in [1.54, 1.807) is 42.5 Å². The summed E-state index contributed by atoms with van der Waals surface area (Å²) in [5.41, 5.74) is 2.27. The summed E-state index contributed by atoms with van der Waals surface area (Å²) in [4.78, 5) is 44.8. The van der Waals surface area contributed by atoms with E-state index in [0.29, 0.717) is 22.0 Å². The summed E-state index contributed by atoms with van der Waals surface area (Å²) in [5.74, 6) is -1.77. The second-order valence-corrected chi connectivity index (χ2v) is 8.38. The van der Waals surface area contributed by atoms with Gasteiger partial charge in [-0.3, -0.25) is 24.5 Å². The second-order valence-electron chi connectivity index (χ2n) is 7.97. The quantitative estimate of drug-likeness (QED) is 0.319. The van der Waals surface area contributed by atoms with Crippen LogP contribution in [-0.4, -0.2) is 22.8 Å². The number of anilines is 2. The van der Waals surface area contributed by atoms with E-state index in [9.17, 15) is 19.7 Å². The predicted octanol–water partition coefficient (Wildman–Crippen LogP) is 4.61. The van der Waals surface area contributed by atoms with Crippen molar-refractivity contribution in [2.24, 2.45) is 5.92 Å². The van der Waals surface area contributed by atoms with E-state index < -0.39 is 34.8 Å². The molecule has 2 amide bonds. The molecule has 0 aliphatic carbocycles. The number of rotatable bonds is 4. The number of carbonyl (C=O) groups excluding carboxylic acids is 2. The highest BCUT2D eigenvalue weighted by molar-refractivity contribution is 6.31. The fourth-order valence-corrected chi connectivity index (χ4v) is 4.61. The lowest BCUT2D eigenvalue weighted by molar-refractivity contribution is -0.384. The van der Waals surface area contributed by atoms with Crippen LogP contribution in [0, 0.1) is 23.0 Å². The third-order valence-electron chi connectivity index (χ3n) is 5.93. The number of amides is 2. The van der Waals surface area contributed by atoms with E-state index in [-0.39, 0.29) is 5.69 Å². The SMILES string of the molecule is Cc1ccc(N2C(=O)C3ON(c4cccc([N+](=O)[O-])c4)C(c4ccccc4Cl)C3C2=O)cc1. The molecule has 0 aromatic heterocycles. The van der Waals surface area contributed by atoms with Crippen molar-refractivity contribution in [2.75, 3.05) is 9.96 Å². The number of nitro benzene ring substituents is 1. The maximum absolute atomic E-state index is 13.6. The zero-order valence-corrected chi connectivity index (χ0v) is 18.2. The summed E-state index contributed by atoms with van der Waals surface area (Å²) in [6.45, 7) is 1.92. The molecular weight excluding hydrogens is 446 g/mol. The molecule has 2 fully saturated rings. The molecule has 3 aromatic carbocycles. The molecule has 2 aliphatic rings. The molecule has 0 N–H and O–H groups in total. The van der Waals surface area contributed by atoms with Crippen LogP contribution in [0.2, 0.25) is 5.02 Å². The van der Waals surface area contributed by atoms with E-state index in [1.165, 1.54) is 23.3 Å². The maximum atomic E-state index is 13.6. The van der Waals surface area contributed by atoms with Crippen molar-refractivity contribution in [3.8, 4) is 0 Å². The van der Waals surface area contributed by atoms with E-state index in [1.807, 2.05) is 19.1 Å². The van der Waals surface area contributed by atoms with Gasteiger partial charge in [0.05, 0.1) is 22.3 Å². The molecule has 3 unspecified atom stereocenters. The van der Waals surface area contributed by atoms with E-state index in [2.05, 4.69) is 0 Å². The standard InChI is InChI=1S/C24H18ClN3O5/c1-14-9-11-15(12-10-14)26-23(29)20-21(18-7-2-3-8-19(18)25)27(33-22(20)24(26)30)16-5-4-6-17(13-16)28(31)32/h2-13,20-22H,1H3. The highest BCUT2D eigenvalue weighted by Gasteiger charge is 2.60. The molecule has 9 heteroatoms. The fraction of sp³-hybridized carbons (Fsp3) is 0.167. The number of hydroxylamine groups is 1. The van der Waals surface area contributed by atoms with Crippen LogP contribution in [0.5, 0.6) is 0 Å². The number of carbonyl (C=O) groups is 2. The largest absolute Gasteiger partial charge is 0.273 e. The van der Waals surface area contributed by atoms with Crippen molar-refractivity contribution in [2.45, 2.75) is 19.1 Å². The van der Waals surface area contributed by atoms with Crippen LogP contribution >= 0.6 is 11.6 Å². The van der Waals surface area contributed by atoms with E-state index >= 15 is 0 Å². The molecule has 0 radical (unpaired) electrons. The number of nitro groups is 1.